The first-order chi connectivity index (χ1) is 10.6. The number of nitrogens with one attached hydrogen (secondary N) is 1. The maximum Gasteiger partial charge on any atom is 0.267 e. The summed E-state index contributed by atoms with van der Waals surface area (Å²) in [4.78, 5) is 33.0. The van der Waals surface area contributed by atoms with E-state index >= 15 is 0 Å². The van der Waals surface area contributed by atoms with Crippen molar-refractivity contribution < 1.29 is 9.59 Å². The first-order valence-electron chi connectivity index (χ1n) is 6.42. The van der Waals surface area contributed by atoms with Crippen LogP contribution >= 0.6 is 22.7 Å². The zero-order valence-corrected chi connectivity index (χ0v) is 13.2. The van der Waals surface area contributed by atoms with Gasteiger partial charge in [-0.3, -0.25) is 19.9 Å². The summed E-state index contributed by atoms with van der Waals surface area (Å²) in [5, 5.41) is 5.08. The van der Waals surface area contributed by atoms with Gasteiger partial charge in [0.05, 0.1) is 15.4 Å². The molecular weight excluding hydrogens is 318 g/mol. The number of aromatic nitrogens is 2. The first-order valence-corrected chi connectivity index (χ1v) is 8.12. The highest BCUT2D eigenvalue weighted by atomic mass is 32.1. The maximum atomic E-state index is 12.1. The van der Waals surface area contributed by atoms with E-state index in [4.69, 9.17) is 0 Å². The number of carbonyl (C=O) groups is 2. The predicted molar refractivity (Wildman–Crippen MR) is 87.6 cm³/mol. The molecule has 1 N–H and O–H groups in total. The lowest BCUT2D eigenvalue weighted by Gasteiger charge is -1.98. The van der Waals surface area contributed by atoms with Gasteiger partial charge in [-0.15, -0.1) is 22.7 Å². The Kier molecular flexibility index (Phi) is 4.08. The minimum Gasteiger partial charge on any atom is -0.297 e. The van der Waals surface area contributed by atoms with Crippen LogP contribution in [0.25, 0.3) is 11.4 Å². The molecule has 3 heterocycles. The molecule has 0 atom stereocenters. The van der Waals surface area contributed by atoms with E-state index in [1.165, 1.54) is 29.6 Å². The summed E-state index contributed by atoms with van der Waals surface area (Å²) in [6.07, 6.45) is 1.70. The van der Waals surface area contributed by atoms with Crippen molar-refractivity contribution in [1.29, 1.82) is 0 Å². The minimum atomic E-state index is -0.264. The molecule has 0 unspecified atom stereocenters. The van der Waals surface area contributed by atoms with Gasteiger partial charge in [-0.1, -0.05) is 6.07 Å². The number of hydrogen-bond donors (Lipinski definition) is 1. The van der Waals surface area contributed by atoms with Crippen LogP contribution in [0.2, 0.25) is 0 Å². The Morgan fingerprint density at radius 3 is 2.59 bits per heavy atom. The fourth-order valence-corrected chi connectivity index (χ4v) is 3.27. The van der Waals surface area contributed by atoms with Gasteiger partial charge in [-0.05, 0) is 31.2 Å². The van der Waals surface area contributed by atoms with Crippen LogP contribution in [0, 0.1) is 0 Å². The summed E-state index contributed by atoms with van der Waals surface area (Å²) < 4.78 is 0. The fourth-order valence-electron chi connectivity index (χ4n) is 1.77. The summed E-state index contributed by atoms with van der Waals surface area (Å²) >= 11 is 2.51. The van der Waals surface area contributed by atoms with E-state index < -0.39 is 0 Å². The Balaban J connectivity index is 1.74. The number of anilines is 1. The maximum absolute atomic E-state index is 12.1. The van der Waals surface area contributed by atoms with Crippen LogP contribution in [0.15, 0.2) is 41.9 Å². The standard InChI is InChI=1S/C15H11N3O2S2/c1-9(19)12-5-6-13(22-12)14(20)18-15-17-11(8-21-15)10-4-2-3-7-16-10/h2-8H,1H3,(H,17,18,20). The van der Waals surface area contributed by atoms with E-state index in [1.54, 1.807) is 18.3 Å². The number of thiophene rings is 1. The number of amides is 1. The summed E-state index contributed by atoms with van der Waals surface area (Å²) in [6.45, 7) is 1.48. The van der Waals surface area contributed by atoms with E-state index in [0.29, 0.717) is 14.9 Å². The molecule has 7 heteroatoms. The lowest BCUT2D eigenvalue weighted by atomic mass is 10.3. The largest absolute Gasteiger partial charge is 0.297 e. The second-order valence-electron chi connectivity index (χ2n) is 4.43. The number of pyridine rings is 1. The highest BCUT2D eigenvalue weighted by Gasteiger charge is 2.13. The summed E-state index contributed by atoms with van der Waals surface area (Å²) in [7, 11) is 0. The summed E-state index contributed by atoms with van der Waals surface area (Å²) in [5.41, 5.74) is 1.48. The second-order valence-corrected chi connectivity index (χ2v) is 6.37. The molecule has 0 bridgehead atoms. The number of nitrogens with zero attached hydrogens (tertiary/aromatic N) is 2. The van der Waals surface area contributed by atoms with Gasteiger partial charge in [0.2, 0.25) is 0 Å². The molecule has 5 nitrogen and oxygen atoms in total. The quantitative estimate of drug-likeness (QED) is 0.740. The number of hydrogen-bond acceptors (Lipinski definition) is 6. The molecule has 0 aliphatic heterocycles. The molecular formula is C15H11N3O2S2. The molecule has 22 heavy (non-hydrogen) atoms. The molecule has 0 spiro atoms. The van der Waals surface area contributed by atoms with E-state index in [1.807, 2.05) is 23.6 Å². The fraction of sp³-hybridized carbons (Fsp3) is 0.0667. The smallest absolute Gasteiger partial charge is 0.267 e. The monoisotopic (exact) mass is 329 g/mol. The number of carbonyl (C=O) groups excluding carboxylic acids is 2. The van der Waals surface area contributed by atoms with Crippen molar-refractivity contribution in [2.45, 2.75) is 6.92 Å². The Morgan fingerprint density at radius 1 is 1.09 bits per heavy atom. The molecule has 3 aromatic heterocycles. The van der Waals surface area contributed by atoms with Crippen LogP contribution in [-0.2, 0) is 0 Å². The lowest BCUT2D eigenvalue weighted by molar-refractivity contribution is 0.101. The SMILES string of the molecule is CC(=O)c1ccc(C(=O)Nc2nc(-c3ccccn3)cs2)s1. The Hall–Kier alpha value is -2.38. The number of rotatable bonds is 4. The van der Waals surface area contributed by atoms with Crippen LogP contribution < -0.4 is 5.32 Å². The third kappa shape index (κ3) is 3.10. The van der Waals surface area contributed by atoms with Crippen molar-refractivity contribution in [2.75, 3.05) is 5.32 Å². The molecule has 0 fully saturated rings. The third-order valence-corrected chi connectivity index (χ3v) is 4.77. The van der Waals surface area contributed by atoms with Gasteiger partial charge in [0, 0.05) is 11.6 Å². The number of thiazole rings is 1. The average Bonchev–Trinajstić information content (AvgIpc) is 3.17. The molecule has 0 saturated heterocycles. The van der Waals surface area contributed by atoms with Gasteiger partial charge in [0.25, 0.3) is 5.91 Å². The number of ketones is 1. The normalized spacial score (nSPS) is 10.4. The van der Waals surface area contributed by atoms with Gasteiger partial charge in [-0.2, -0.15) is 0 Å². The van der Waals surface area contributed by atoms with Crippen molar-refractivity contribution in [3.63, 3.8) is 0 Å². The molecule has 0 radical (unpaired) electrons. The first kappa shape index (κ1) is 14.6. The highest BCUT2D eigenvalue weighted by molar-refractivity contribution is 7.16. The second kappa shape index (κ2) is 6.17. The molecule has 3 rings (SSSR count). The van der Waals surface area contributed by atoms with Gasteiger partial charge in [-0.25, -0.2) is 4.98 Å². The van der Waals surface area contributed by atoms with E-state index in [-0.39, 0.29) is 11.7 Å². The average molecular weight is 329 g/mol. The predicted octanol–water partition coefficient (Wildman–Crippen LogP) is 3.72. The number of Topliss-reactive ketones (excluding diaryl/α,β-unsaturated/α-hetero) is 1. The van der Waals surface area contributed by atoms with Gasteiger partial charge in [0.1, 0.15) is 5.69 Å². The van der Waals surface area contributed by atoms with Crippen LogP contribution in [0.5, 0.6) is 0 Å². The van der Waals surface area contributed by atoms with Gasteiger partial charge >= 0.3 is 0 Å². The van der Waals surface area contributed by atoms with Crippen molar-refractivity contribution in [1.82, 2.24) is 9.97 Å². The Morgan fingerprint density at radius 2 is 1.91 bits per heavy atom. The minimum absolute atomic E-state index is 0.0456. The van der Waals surface area contributed by atoms with Crippen LogP contribution in [0.4, 0.5) is 5.13 Å². The van der Waals surface area contributed by atoms with Crippen LogP contribution in [-0.4, -0.2) is 21.7 Å². The highest BCUT2D eigenvalue weighted by Crippen LogP contribution is 2.24. The summed E-state index contributed by atoms with van der Waals surface area (Å²) in [6, 6.07) is 8.88. The molecule has 0 aliphatic carbocycles. The van der Waals surface area contributed by atoms with Crippen LogP contribution in [0.1, 0.15) is 26.3 Å². The van der Waals surface area contributed by atoms with E-state index in [0.717, 1.165) is 11.4 Å². The van der Waals surface area contributed by atoms with Gasteiger partial charge < -0.3 is 0 Å². The molecule has 0 saturated carbocycles. The molecule has 3 aromatic rings. The van der Waals surface area contributed by atoms with E-state index in [9.17, 15) is 9.59 Å². The van der Waals surface area contributed by atoms with Crippen molar-refractivity contribution in [3.05, 3.63) is 51.7 Å². The van der Waals surface area contributed by atoms with Crippen LogP contribution in [0.3, 0.4) is 0 Å². The third-order valence-electron chi connectivity index (χ3n) is 2.83. The Labute approximate surface area is 134 Å². The zero-order chi connectivity index (χ0) is 15.5. The molecule has 1 amide bonds. The van der Waals surface area contributed by atoms with Gasteiger partial charge in [0.15, 0.2) is 10.9 Å². The topological polar surface area (TPSA) is 72.0 Å². The van der Waals surface area contributed by atoms with Crippen molar-refractivity contribution in [3.8, 4) is 11.4 Å². The van der Waals surface area contributed by atoms with Crippen molar-refractivity contribution >= 4 is 39.5 Å². The molecule has 110 valence electrons. The lowest BCUT2D eigenvalue weighted by Crippen LogP contribution is -2.09. The summed E-state index contributed by atoms with van der Waals surface area (Å²) in [5.74, 6) is -0.310. The van der Waals surface area contributed by atoms with E-state index in [2.05, 4.69) is 15.3 Å². The zero-order valence-electron chi connectivity index (χ0n) is 11.6. The Bertz CT molecular complexity index is 824. The molecule has 0 aromatic carbocycles. The molecule has 0 aliphatic rings. The van der Waals surface area contributed by atoms with Crippen molar-refractivity contribution in [2.24, 2.45) is 0 Å².